The summed E-state index contributed by atoms with van der Waals surface area (Å²) in [6.45, 7) is 2.21. The molecule has 0 bridgehead atoms. The van der Waals surface area contributed by atoms with Crippen LogP contribution in [0.2, 0.25) is 0 Å². The summed E-state index contributed by atoms with van der Waals surface area (Å²) in [4.78, 5) is 10.9. The van der Waals surface area contributed by atoms with Gasteiger partial charge in [-0.1, -0.05) is 0 Å². The first kappa shape index (κ1) is 7.50. The Bertz CT molecular complexity index is 137. The molecule has 0 aromatic heterocycles. The highest BCUT2D eigenvalue weighted by atomic mass is 16.2. The van der Waals surface area contributed by atoms with Crippen molar-refractivity contribution in [3.8, 4) is 0 Å². The van der Waals surface area contributed by atoms with Gasteiger partial charge in [-0.05, 0) is 0 Å². The smallest absolute Gasteiger partial charge is 0.237 e. The Morgan fingerprint density at radius 3 is 2.80 bits per heavy atom. The van der Waals surface area contributed by atoms with Gasteiger partial charge in [0.05, 0.1) is 0 Å². The molecular weight excluding hydrogens is 130 g/mol. The van der Waals surface area contributed by atoms with Crippen LogP contribution in [0.25, 0.3) is 0 Å². The highest BCUT2D eigenvalue weighted by molar-refractivity contribution is 5.77. The minimum atomic E-state index is 0.188. The van der Waals surface area contributed by atoms with Crippen LogP contribution >= 0.6 is 0 Å². The quantitative estimate of drug-likeness (QED) is 0.540. The van der Waals surface area contributed by atoms with Crippen LogP contribution in [0.3, 0.4) is 0 Å². The van der Waals surface area contributed by atoms with E-state index in [0.29, 0.717) is 13.0 Å². The lowest BCUT2D eigenvalue weighted by atomic mass is 10.4. The van der Waals surface area contributed by atoms with Gasteiger partial charge in [0.1, 0.15) is 0 Å². The zero-order chi connectivity index (χ0) is 7.56. The van der Waals surface area contributed by atoms with Crippen LogP contribution in [0.1, 0.15) is 6.42 Å². The number of nitrogens with zero attached hydrogens (tertiary/aromatic N) is 2. The van der Waals surface area contributed by atoms with Gasteiger partial charge in [-0.25, -0.2) is 5.01 Å². The van der Waals surface area contributed by atoms with Gasteiger partial charge in [0.25, 0.3) is 0 Å². The maximum atomic E-state index is 10.9. The molecule has 58 valence electrons. The summed E-state index contributed by atoms with van der Waals surface area (Å²) in [5.74, 6) is 0.188. The van der Waals surface area contributed by atoms with E-state index in [-0.39, 0.29) is 5.91 Å². The van der Waals surface area contributed by atoms with E-state index < -0.39 is 0 Å². The van der Waals surface area contributed by atoms with Gasteiger partial charge in [-0.3, -0.25) is 9.80 Å². The molecule has 0 atom stereocenters. The molecule has 4 nitrogen and oxygen atoms in total. The van der Waals surface area contributed by atoms with Crippen LogP contribution < -0.4 is 5.73 Å². The van der Waals surface area contributed by atoms with Gasteiger partial charge in [0.2, 0.25) is 5.91 Å². The summed E-state index contributed by atoms with van der Waals surface area (Å²) in [5, 5.41) is 3.61. The van der Waals surface area contributed by atoms with Crippen molar-refractivity contribution < 1.29 is 4.79 Å². The standard InChI is InChI=1S/C6H13N3O/c1-8-6(10)2-4-9(8)5-3-7/h2-5,7H2,1H3. The number of hydrogen-bond acceptors (Lipinski definition) is 3. The second-order valence-corrected chi connectivity index (χ2v) is 2.41. The third-order valence-electron chi connectivity index (χ3n) is 1.76. The molecule has 10 heavy (non-hydrogen) atoms. The van der Waals surface area contributed by atoms with E-state index in [4.69, 9.17) is 5.73 Å². The van der Waals surface area contributed by atoms with Gasteiger partial charge in [-0.15, -0.1) is 0 Å². The van der Waals surface area contributed by atoms with Crippen molar-refractivity contribution in [2.75, 3.05) is 26.7 Å². The monoisotopic (exact) mass is 143 g/mol. The second-order valence-electron chi connectivity index (χ2n) is 2.41. The Hall–Kier alpha value is -0.610. The first-order chi connectivity index (χ1) is 4.75. The minimum absolute atomic E-state index is 0.188. The zero-order valence-corrected chi connectivity index (χ0v) is 6.21. The average Bonchev–Trinajstić information content (AvgIpc) is 2.20. The third-order valence-corrected chi connectivity index (χ3v) is 1.76. The van der Waals surface area contributed by atoms with Crippen LogP contribution in [-0.2, 0) is 4.79 Å². The van der Waals surface area contributed by atoms with Gasteiger partial charge in [0, 0.05) is 33.1 Å². The molecule has 0 aliphatic carbocycles. The highest BCUT2D eigenvalue weighted by Gasteiger charge is 2.23. The van der Waals surface area contributed by atoms with E-state index in [9.17, 15) is 4.79 Å². The molecule has 4 heteroatoms. The lowest BCUT2D eigenvalue weighted by molar-refractivity contribution is -0.135. The Kier molecular flexibility index (Phi) is 2.24. The Morgan fingerprint density at radius 2 is 2.40 bits per heavy atom. The molecule has 0 aromatic carbocycles. The van der Waals surface area contributed by atoms with Crippen LogP contribution in [0.4, 0.5) is 0 Å². The number of carbonyl (C=O) groups excluding carboxylic acids is 1. The molecule has 0 aromatic rings. The number of hydrazine groups is 1. The van der Waals surface area contributed by atoms with Crippen molar-refractivity contribution in [2.24, 2.45) is 5.73 Å². The van der Waals surface area contributed by atoms with Crippen molar-refractivity contribution in [1.82, 2.24) is 10.0 Å². The summed E-state index contributed by atoms with van der Waals surface area (Å²) in [6, 6.07) is 0. The van der Waals surface area contributed by atoms with Crippen LogP contribution in [0.15, 0.2) is 0 Å². The summed E-state index contributed by atoms with van der Waals surface area (Å²) >= 11 is 0. The van der Waals surface area contributed by atoms with E-state index in [2.05, 4.69) is 0 Å². The summed E-state index contributed by atoms with van der Waals surface area (Å²) < 4.78 is 0. The van der Waals surface area contributed by atoms with E-state index in [0.717, 1.165) is 13.1 Å². The Labute approximate surface area is 60.5 Å². The maximum Gasteiger partial charge on any atom is 0.237 e. The third kappa shape index (κ3) is 1.27. The van der Waals surface area contributed by atoms with Gasteiger partial charge >= 0.3 is 0 Å². The molecule has 0 unspecified atom stereocenters. The summed E-state index contributed by atoms with van der Waals surface area (Å²) in [6.07, 6.45) is 0.635. The van der Waals surface area contributed by atoms with Crippen molar-refractivity contribution in [3.05, 3.63) is 0 Å². The molecule has 1 rings (SSSR count). The van der Waals surface area contributed by atoms with Gasteiger partial charge in [-0.2, -0.15) is 0 Å². The molecule has 1 fully saturated rings. The van der Waals surface area contributed by atoms with Crippen LogP contribution in [-0.4, -0.2) is 42.6 Å². The molecule has 1 heterocycles. The van der Waals surface area contributed by atoms with E-state index in [1.165, 1.54) is 0 Å². The highest BCUT2D eigenvalue weighted by Crippen LogP contribution is 2.07. The lowest BCUT2D eigenvalue weighted by Gasteiger charge is -2.22. The first-order valence-corrected chi connectivity index (χ1v) is 3.47. The Balaban J connectivity index is 2.41. The molecular formula is C6H13N3O. The molecule has 2 N–H and O–H groups in total. The van der Waals surface area contributed by atoms with Crippen LogP contribution in [0.5, 0.6) is 0 Å². The molecule has 1 amide bonds. The van der Waals surface area contributed by atoms with E-state index in [1.54, 1.807) is 12.1 Å². The topological polar surface area (TPSA) is 49.6 Å². The minimum Gasteiger partial charge on any atom is -0.329 e. The molecule has 1 aliphatic heterocycles. The van der Waals surface area contributed by atoms with Gasteiger partial charge < -0.3 is 5.73 Å². The van der Waals surface area contributed by atoms with E-state index in [1.807, 2.05) is 5.01 Å². The molecule has 1 aliphatic rings. The predicted octanol–water partition coefficient (Wildman–Crippen LogP) is -0.976. The average molecular weight is 143 g/mol. The summed E-state index contributed by atoms with van der Waals surface area (Å²) in [5.41, 5.74) is 5.34. The lowest BCUT2D eigenvalue weighted by Crippen LogP contribution is -2.38. The maximum absolute atomic E-state index is 10.9. The molecule has 0 saturated carbocycles. The Morgan fingerprint density at radius 1 is 1.70 bits per heavy atom. The van der Waals surface area contributed by atoms with Crippen LogP contribution in [0, 0.1) is 0 Å². The fourth-order valence-electron chi connectivity index (χ4n) is 1.11. The second kappa shape index (κ2) is 2.98. The van der Waals surface area contributed by atoms with Crippen molar-refractivity contribution in [1.29, 1.82) is 0 Å². The first-order valence-electron chi connectivity index (χ1n) is 3.47. The zero-order valence-electron chi connectivity index (χ0n) is 6.21. The molecule has 1 saturated heterocycles. The SMILES string of the molecule is CN1C(=O)CCN1CCN. The predicted molar refractivity (Wildman–Crippen MR) is 38.0 cm³/mol. The number of nitrogens with two attached hydrogens (primary N) is 1. The van der Waals surface area contributed by atoms with E-state index >= 15 is 0 Å². The van der Waals surface area contributed by atoms with Gasteiger partial charge in [0.15, 0.2) is 0 Å². The number of hydrogen-bond donors (Lipinski definition) is 1. The van der Waals surface area contributed by atoms with Crippen molar-refractivity contribution >= 4 is 5.91 Å². The molecule has 0 spiro atoms. The fraction of sp³-hybridized carbons (Fsp3) is 0.833. The fourth-order valence-corrected chi connectivity index (χ4v) is 1.11. The largest absolute Gasteiger partial charge is 0.329 e. The molecule has 0 radical (unpaired) electrons. The number of rotatable bonds is 2. The number of amides is 1. The van der Waals surface area contributed by atoms with Crippen molar-refractivity contribution in [2.45, 2.75) is 6.42 Å². The normalized spacial score (nSPS) is 20.6. The van der Waals surface area contributed by atoms with Crippen molar-refractivity contribution in [3.63, 3.8) is 0 Å². The summed E-state index contributed by atoms with van der Waals surface area (Å²) in [7, 11) is 1.78. The number of carbonyl (C=O) groups is 1.